The minimum absolute atomic E-state index is 0.221. The molecular formula is C10H15N3O. The number of anilines is 1. The summed E-state index contributed by atoms with van der Waals surface area (Å²) in [6.45, 7) is 2.90. The molecule has 0 bridgehead atoms. The fourth-order valence-corrected chi connectivity index (χ4v) is 1.08. The summed E-state index contributed by atoms with van der Waals surface area (Å²) in [5.41, 5.74) is 7.16. The van der Waals surface area contributed by atoms with E-state index >= 15 is 0 Å². The van der Waals surface area contributed by atoms with Crippen LogP contribution in [0.4, 0.5) is 10.5 Å². The Morgan fingerprint density at radius 1 is 1.50 bits per heavy atom. The molecule has 0 aliphatic heterocycles. The molecule has 4 heteroatoms. The van der Waals surface area contributed by atoms with Crippen molar-refractivity contribution in [2.45, 2.75) is 6.92 Å². The van der Waals surface area contributed by atoms with Crippen LogP contribution in [0.2, 0.25) is 0 Å². The number of carbonyl (C=O) groups excluding carboxylic acids is 1. The Morgan fingerprint density at radius 2 is 2.29 bits per heavy atom. The Morgan fingerprint density at radius 3 is 2.93 bits per heavy atom. The van der Waals surface area contributed by atoms with Crippen molar-refractivity contribution in [2.75, 3.05) is 18.4 Å². The van der Waals surface area contributed by atoms with Gasteiger partial charge in [-0.25, -0.2) is 4.79 Å². The fourth-order valence-electron chi connectivity index (χ4n) is 1.08. The molecule has 2 amide bonds. The van der Waals surface area contributed by atoms with Crippen molar-refractivity contribution in [3.63, 3.8) is 0 Å². The molecule has 0 unspecified atom stereocenters. The van der Waals surface area contributed by atoms with Gasteiger partial charge in [-0.1, -0.05) is 12.1 Å². The molecule has 0 fully saturated rings. The third-order valence-corrected chi connectivity index (χ3v) is 1.71. The number of nitrogens with two attached hydrogens (primary N) is 1. The van der Waals surface area contributed by atoms with Gasteiger partial charge in [0.05, 0.1) is 0 Å². The van der Waals surface area contributed by atoms with Gasteiger partial charge in [-0.3, -0.25) is 0 Å². The number of nitrogens with one attached hydrogen (secondary N) is 2. The van der Waals surface area contributed by atoms with Crippen molar-refractivity contribution in [3.05, 3.63) is 29.8 Å². The first-order chi connectivity index (χ1) is 6.72. The first-order valence-electron chi connectivity index (χ1n) is 4.54. The van der Waals surface area contributed by atoms with E-state index in [9.17, 15) is 4.79 Å². The summed E-state index contributed by atoms with van der Waals surface area (Å²) in [5, 5.41) is 5.34. The molecule has 4 N–H and O–H groups in total. The lowest BCUT2D eigenvalue weighted by Crippen LogP contribution is -2.32. The van der Waals surface area contributed by atoms with Gasteiger partial charge in [0.25, 0.3) is 0 Å². The molecule has 1 aromatic rings. The maximum Gasteiger partial charge on any atom is 0.319 e. The third-order valence-electron chi connectivity index (χ3n) is 1.71. The molecule has 0 aliphatic rings. The van der Waals surface area contributed by atoms with E-state index in [1.54, 1.807) is 0 Å². The minimum atomic E-state index is -0.221. The highest BCUT2D eigenvalue weighted by atomic mass is 16.2. The first kappa shape index (κ1) is 10.5. The Hall–Kier alpha value is -1.55. The van der Waals surface area contributed by atoms with Crippen molar-refractivity contribution >= 4 is 11.7 Å². The second kappa shape index (κ2) is 5.24. The molecule has 0 aromatic heterocycles. The molecular weight excluding hydrogens is 178 g/mol. The summed E-state index contributed by atoms with van der Waals surface area (Å²) >= 11 is 0. The number of urea groups is 1. The number of amides is 2. The zero-order chi connectivity index (χ0) is 10.4. The summed E-state index contributed by atoms with van der Waals surface area (Å²) in [6.07, 6.45) is 0. The van der Waals surface area contributed by atoms with Gasteiger partial charge in [0.1, 0.15) is 0 Å². The van der Waals surface area contributed by atoms with Crippen molar-refractivity contribution in [1.82, 2.24) is 5.32 Å². The van der Waals surface area contributed by atoms with Crippen LogP contribution in [0, 0.1) is 6.92 Å². The quantitative estimate of drug-likeness (QED) is 0.672. The van der Waals surface area contributed by atoms with Crippen LogP contribution in [0.5, 0.6) is 0 Å². The average molecular weight is 193 g/mol. The summed E-state index contributed by atoms with van der Waals surface area (Å²) in [4.78, 5) is 11.2. The van der Waals surface area contributed by atoms with Crippen LogP contribution in [0.3, 0.4) is 0 Å². The maximum atomic E-state index is 11.2. The average Bonchev–Trinajstić information content (AvgIpc) is 2.15. The Balaban J connectivity index is 2.47. The molecule has 14 heavy (non-hydrogen) atoms. The molecule has 76 valence electrons. The normalized spacial score (nSPS) is 9.57. The second-order valence-electron chi connectivity index (χ2n) is 3.04. The molecule has 1 aromatic carbocycles. The van der Waals surface area contributed by atoms with E-state index in [0.717, 1.165) is 11.3 Å². The number of hydrogen-bond acceptors (Lipinski definition) is 2. The van der Waals surface area contributed by atoms with E-state index in [-0.39, 0.29) is 6.03 Å². The van der Waals surface area contributed by atoms with Crippen LogP contribution in [0.15, 0.2) is 24.3 Å². The highest BCUT2D eigenvalue weighted by Gasteiger charge is 1.99. The highest BCUT2D eigenvalue weighted by Crippen LogP contribution is 2.08. The molecule has 0 atom stereocenters. The van der Waals surface area contributed by atoms with Crippen molar-refractivity contribution in [1.29, 1.82) is 0 Å². The van der Waals surface area contributed by atoms with Crippen LogP contribution < -0.4 is 16.4 Å². The molecule has 0 saturated carbocycles. The predicted octanol–water partition coefficient (Wildman–Crippen LogP) is 1.08. The van der Waals surface area contributed by atoms with Gasteiger partial charge in [-0.2, -0.15) is 0 Å². The van der Waals surface area contributed by atoms with Crippen LogP contribution in [-0.2, 0) is 0 Å². The molecule has 1 rings (SSSR count). The number of carbonyl (C=O) groups is 1. The van der Waals surface area contributed by atoms with E-state index < -0.39 is 0 Å². The van der Waals surface area contributed by atoms with E-state index in [4.69, 9.17) is 5.73 Å². The van der Waals surface area contributed by atoms with E-state index in [1.165, 1.54) is 0 Å². The zero-order valence-electron chi connectivity index (χ0n) is 8.21. The smallest absolute Gasteiger partial charge is 0.319 e. The third kappa shape index (κ3) is 3.45. The lowest BCUT2D eigenvalue weighted by molar-refractivity contribution is 0.252. The summed E-state index contributed by atoms with van der Waals surface area (Å²) < 4.78 is 0. The fraction of sp³-hybridized carbons (Fsp3) is 0.300. The van der Waals surface area contributed by atoms with Crippen LogP contribution in [-0.4, -0.2) is 19.1 Å². The molecule has 0 heterocycles. The SMILES string of the molecule is Cc1cccc(NC(=O)NCCN)c1. The molecule has 0 radical (unpaired) electrons. The number of hydrogen-bond donors (Lipinski definition) is 3. The van der Waals surface area contributed by atoms with E-state index in [2.05, 4.69) is 10.6 Å². The number of rotatable bonds is 3. The van der Waals surface area contributed by atoms with Crippen LogP contribution >= 0.6 is 0 Å². The van der Waals surface area contributed by atoms with Gasteiger partial charge < -0.3 is 16.4 Å². The van der Waals surface area contributed by atoms with Crippen LogP contribution in [0.25, 0.3) is 0 Å². The molecule has 0 spiro atoms. The Labute approximate surface area is 83.5 Å². The standard InChI is InChI=1S/C10H15N3O/c1-8-3-2-4-9(7-8)13-10(14)12-6-5-11/h2-4,7H,5-6,11H2,1H3,(H2,12,13,14). The lowest BCUT2D eigenvalue weighted by Gasteiger charge is -2.06. The number of benzene rings is 1. The summed E-state index contributed by atoms with van der Waals surface area (Å²) in [7, 11) is 0. The first-order valence-corrected chi connectivity index (χ1v) is 4.54. The van der Waals surface area contributed by atoms with Gasteiger partial charge in [-0.15, -0.1) is 0 Å². The second-order valence-corrected chi connectivity index (χ2v) is 3.04. The van der Waals surface area contributed by atoms with Gasteiger partial charge in [0, 0.05) is 18.8 Å². The highest BCUT2D eigenvalue weighted by molar-refractivity contribution is 5.89. The van der Waals surface area contributed by atoms with Gasteiger partial charge in [0.2, 0.25) is 0 Å². The molecule has 0 aliphatic carbocycles. The van der Waals surface area contributed by atoms with Gasteiger partial charge in [-0.05, 0) is 24.6 Å². The topological polar surface area (TPSA) is 67.2 Å². The molecule has 0 saturated heterocycles. The van der Waals surface area contributed by atoms with E-state index in [0.29, 0.717) is 13.1 Å². The van der Waals surface area contributed by atoms with Gasteiger partial charge in [0.15, 0.2) is 0 Å². The monoisotopic (exact) mass is 193 g/mol. The Kier molecular flexibility index (Phi) is 3.94. The largest absolute Gasteiger partial charge is 0.337 e. The predicted molar refractivity (Wildman–Crippen MR) is 57.3 cm³/mol. The number of aryl methyl sites for hydroxylation is 1. The van der Waals surface area contributed by atoms with Crippen molar-refractivity contribution in [2.24, 2.45) is 5.73 Å². The van der Waals surface area contributed by atoms with E-state index in [1.807, 2.05) is 31.2 Å². The van der Waals surface area contributed by atoms with Crippen molar-refractivity contribution in [3.8, 4) is 0 Å². The zero-order valence-corrected chi connectivity index (χ0v) is 8.21. The van der Waals surface area contributed by atoms with Crippen molar-refractivity contribution < 1.29 is 4.79 Å². The summed E-state index contributed by atoms with van der Waals surface area (Å²) in [5.74, 6) is 0. The van der Waals surface area contributed by atoms with Gasteiger partial charge >= 0.3 is 6.03 Å². The van der Waals surface area contributed by atoms with Crippen LogP contribution in [0.1, 0.15) is 5.56 Å². The summed E-state index contributed by atoms with van der Waals surface area (Å²) in [6, 6.07) is 7.40. The lowest BCUT2D eigenvalue weighted by atomic mass is 10.2. The molecule has 4 nitrogen and oxygen atoms in total. The Bertz CT molecular complexity index is 312. The minimum Gasteiger partial charge on any atom is -0.337 e. The maximum absolute atomic E-state index is 11.2.